The van der Waals surface area contributed by atoms with Crippen molar-refractivity contribution < 1.29 is 5.11 Å². The van der Waals surface area contributed by atoms with Gasteiger partial charge in [-0.15, -0.1) is 0 Å². The molecule has 0 aliphatic heterocycles. The fourth-order valence-electron chi connectivity index (χ4n) is 2.44. The predicted molar refractivity (Wildman–Crippen MR) is 56.6 cm³/mol. The van der Waals surface area contributed by atoms with Gasteiger partial charge in [0.1, 0.15) is 0 Å². The van der Waals surface area contributed by atoms with E-state index in [0.717, 1.165) is 12.3 Å². The van der Waals surface area contributed by atoms with Gasteiger partial charge in [0.15, 0.2) is 0 Å². The molecule has 1 N–H and O–H groups in total. The third-order valence-electron chi connectivity index (χ3n) is 3.09. The van der Waals surface area contributed by atoms with Gasteiger partial charge in [-0.05, 0) is 36.5 Å². The van der Waals surface area contributed by atoms with E-state index in [4.69, 9.17) is 0 Å². The van der Waals surface area contributed by atoms with Gasteiger partial charge >= 0.3 is 0 Å². The highest BCUT2D eigenvalue weighted by atomic mass is 16.3. The molecule has 1 rings (SSSR count). The highest BCUT2D eigenvalue weighted by Crippen LogP contribution is 2.36. The van der Waals surface area contributed by atoms with Gasteiger partial charge < -0.3 is 5.11 Å². The quantitative estimate of drug-likeness (QED) is 0.663. The Bertz CT molecular complexity index is 157. The topological polar surface area (TPSA) is 20.2 Å². The molecule has 0 radical (unpaired) electrons. The standard InChI is InChI=1S/C12H24O/c1-9-5-6-10(11(13)7-9)8-12(2,3)4/h9-11,13H,5-8H2,1-4H3. The summed E-state index contributed by atoms with van der Waals surface area (Å²) in [5.41, 5.74) is 0.367. The van der Waals surface area contributed by atoms with Crippen molar-refractivity contribution >= 4 is 0 Å². The average molecular weight is 184 g/mol. The summed E-state index contributed by atoms with van der Waals surface area (Å²) in [5.74, 6) is 1.28. The molecule has 3 atom stereocenters. The van der Waals surface area contributed by atoms with Crippen molar-refractivity contribution in [1.82, 2.24) is 0 Å². The molecule has 0 saturated heterocycles. The van der Waals surface area contributed by atoms with E-state index in [-0.39, 0.29) is 6.10 Å². The molecule has 1 nitrogen and oxygen atoms in total. The first kappa shape index (κ1) is 11.0. The lowest BCUT2D eigenvalue weighted by molar-refractivity contribution is 0.0287. The van der Waals surface area contributed by atoms with Crippen molar-refractivity contribution in [2.45, 2.75) is 59.5 Å². The molecule has 1 fully saturated rings. The molecule has 0 amide bonds. The lowest BCUT2D eigenvalue weighted by Crippen LogP contribution is -2.31. The fourth-order valence-corrected chi connectivity index (χ4v) is 2.44. The molecule has 1 heteroatoms. The summed E-state index contributed by atoms with van der Waals surface area (Å²) in [5, 5.41) is 9.90. The minimum absolute atomic E-state index is 0.0389. The maximum absolute atomic E-state index is 9.90. The van der Waals surface area contributed by atoms with Crippen molar-refractivity contribution in [3.05, 3.63) is 0 Å². The van der Waals surface area contributed by atoms with E-state index < -0.39 is 0 Å². The maximum Gasteiger partial charge on any atom is 0.0571 e. The molecule has 1 aliphatic carbocycles. The van der Waals surface area contributed by atoms with Crippen LogP contribution in [0, 0.1) is 17.3 Å². The van der Waals surface area contributed by atoms with Gasteiger partial charge in [-0.25, -0.2) is 0 Å². The Morgan fingerprint density at radius 3 is 2.31 bits per heavy atom. The van der Waals surface area contributed by atoms with Crippen LogP contribution in [0.25, 0.3) is 0 Å². The van der Waals surface area contributed by atoms with E-state index in [1.54, 1.807) is 0 Å². The Hall–Kier alpha value is -0.0400. The predicted octanol–water partition coefficient (Wildman–Crippen LogP) is 3.22. The van der Waals surface area contributed by atoms with E-state index >= 15 is 0 Å². The van der Waals surface area contributed by atoms with Gasteiger partial charge in [-0.3, -0.25) is 0 Å². The maximum atomic E-state index is 9.90. The summed E-state index contributed by atoms with van der Waals surface area (Å²) in [6, 6.07) is 0. The Kier molecular flexibility index (Phi) is 3.39. The fraction of sp³-hybridized carbons (Fsp3) is 1.00. The van der Waals surface area contributed by atoms with Crippen LogP contribution < -0.4 is 0 Å². The van der Waals surface area contributed by atoms with Crippen molar-refractivity contribution in [3.63, 3.8) is 0 Å². The van der Waals surface area contributed by atoms with Gasteiger partial charge in [0.05, 0.1) is 6.10 Å². The van der Waals surface area contributed by atoms with Crippen molar-refractivity contribution in [2.24, 2.45) is 17.3 Å². The largest absolute Gasteiger partial charge is 0.393 e. The first-order valence-corrected chi connectivity index (χ1v) is 5.56. The van der Waals surface area contributed by atoms with Crippen LogP contribution in [0.3, 0.4) is 0 Å². The smallest absolute Gasteiger partial charge is 0.0571 e. The average Bonchev–Trinajstić information content (AvgIpc) is 1.93. The van der Waals surface area contributed by atoms with Gasteiger partial charge in [-0.2, -0.15) is 0 Å². The number of aliphatic hydroxyl groups excluding tert-OH is 1. The summed E-state index contributed by atoms with van der Waals surface area (Å²) < 4.78 is 0. The Labute approximate surface area is 82.5 Å². The van der Waals surface area contributed by atoms with Crippen LogP contribution in [0.5, 0.6) is 0 Å². The monoisotopic (exact) mass is 184 g/mol. The SMILES string of the molecule is CC1CCC(CC(C)(C)C)C(O)C1. The summed E-state index contributed by atoms with van der Waals surface area (Å²) >= 11 is 0. The lowest BCUT2D eigenvalue weighted by atomic mass is 9.73. The molecule has 0 spiro atoms. The number of hydrogen-bond acceptors (Lipinski definition) is 1. The van der Waals surface area contributed by atoms with Crippen LogP contribution in [0.2, 0.25) is 0 Å². The van der Waals surface area contributed by atoms with E-state index in [0.29, 0.717) is 11.3 Å². The van der Waals surface area contributed by atoms with Crippen LogP contribution in [0.15, 0.2) is 0 Å². The van der Waals surface area contributed by atoms with Gasteiger partial charge in [0.2, 0.25) is 0 Å². The first-order valence-electron chi connectivity index (χ1n) is 5.56. The molecule has 0 aromatic heterocycles. The third kappa shape index (κ3) is 3.68. The van der Waals surface area contributed by atoms with Crippen LogP contribution in [0.1, 0.15) is 53.4 Å². The summed E-state index contributed by atoms with van der Waals surface area (Å²) in [7, 11) is 0. The minimum atomic E-state index is -0.0389. The van der Waals surface area contributed by atoms with Gasteiger partial charge in [0, 0.05) is 0 Å². The summed E-state index contributed by atoms with van der Waals surface area (Å²) in [4.78, 5) is 0. The molecule has 0 aromatic rings. The zero-order valence-corrected chi connectivity index (χ0v) is 9.51. The van der Waals surface area contributed by atoms with Crippen LogP contribution in [-0.2, 0) is 0 Å². The normalized spacial score (nSPS) is 36.2. The first-order chi connectivity index (χ1) is 5.88. The number of aliphatic hydroxyl groups is 1. The van der Waals surface area contributed by atoms with Gasteiger partial charge in [0.25, 0.3) is 0 Å². The second kappa shape index (κ2) is 4.00. The zero-order valence-electron chi connectivity index (χ0n) is 9.51. The summed E-state index contributed by atoms with van der Waals surface area (Å²) in [6.45, 7) is 9.03. The lowest BCUT2D eigenvalue weighted by Gasteiger charge is -2.35. The molecular formula is C12H24O. The minimum Gasteiger partial charge on any atom is -0.393 e. The number of rotatable bonds is 1. The van der Waals surface area contributed by atoms with Gasteiger partial charge in [-0.1, -0.05) is 34.1 Å². The Balaban J connectivity index is 2.43. The molecule has 3 unspecified atom stereocenters. The number of hydrogen-bond donors (Lipinski definition) is 1. The zero-order chi connectivity index (χ0) is 10.1. The molecule has 0 bridgehead atoms. The van der Waals surface area contributed by atoms with Crippen molar-refractivity contribution in [3.8, 4) is 0 Å². The highest BCUT2D eigenvalue weighted by molar-refractivity contribution is 4.81. The molecule has 0 aromatic carbocycles. The molecule has 1 saturated carbocycles. The van der Waals surface area contributed by atoms with Crippen LogP contribution in [0.4, 0.5) is 0 Å². The Morgan fingerprint density at radius 1 is 1.23 bits per heavy atom. The Morgan fingerprint density at radius 2 is 1.85 bits per heavy atom. The van der Waals surface area contributed by atoms with Crippen molar-refractivity contribution in [1.29, 1.82) is 0 Å². The molecule has 0 heterocycles. The van der Waals surface area contributed by atoms with E-state index in [9.17, 15) is 5.11 Å². The molecule has 13 heavy (non-hydrogen) atoms. The second-order valence-corrected chi connectivity index (χ2v) is 6.01. The molecule has 1 aliphatic rings. The van der Waals surface area contributed by atoms with E-state index in [1.165, 1.54) is 19.3 Å². The van der Waals surface area contributed by atoms with E-state index in [1.807, 2.05) is 0 Å². The third-order valence-corrected chi connectivity index (χ3v) is 3.09. The highest BCUT2D eigenvalue weighted by Gasteiger charge is 2.29. The molecule has 78 valence electrons. The van der Waals surface area contributed by atoms with E-state index in [2.05, 4.69) is 27.7 Å². The van der Waals surface area contributed by atoms with Crippen LogP contribution >= 0.6 is 0 Å². The van der Waals surface area contributed by atoms with Crippen molar-refractivity contribution in [2.75, 3.05) is 0 Å². The van der Waals surface area contributed by atoms with Crippen LogP contribution in [-0.4, -0.2) is 11.2 Å². The second-order valence-electron chi connectivity index (χ2n) is 6.01. The molecular weight excluding hydrogens is 160 g/mol. The summed E-state index contributed by atoms with van der Waals surface area (Å²) in [6.07, 6.45) is 4.67.